The van der Waals surface area contributed by atoms with E-state index in [9.17, 15) is 9.59 Å². The highest BCUT2D eigenvalue weighted by atomic mass is 16.2. The van der Waals surface area contributed by atoms with Gasteiger partial charge in [-0.2, -0.15) is 0 Å². The minimum Gasteiger partial charge on any atom is -0.338 e. The van der Waals surface area contributed by atoms with Crippen LogP contribution in [0.4, 0.5) is 4.79 Å². The predicted octanol–water partition coefficient (Wildman–Crippen LogP) is 3.97. The SMILES string of the molecule is CC(C)Cc1ccc(C(=O)C2CCN(C(=O)NCC3CCN(C4CC4)C3)CC2)cc1. The molecule has 2 heterocycles. The fourth-order valence-corrected chi connectivity index (χ4v) is 5.00. The Hall–Kier alpha value is -1.88. The van der Waals surface area contributed by atoms with Crippen molar-refractivity contribution in [1.29, 1.82) is 0 Å². The number of rotatable bonds is 7. The quantitative estimate of drug-likeness (QED) is 0.691. The van der Waals surface area contributed by atoms with Crippen molar-refractivity contribution >= 4 is 11.8 Å². The Labute approximate surface area is 181 Å². The minimum atomic E-state index is 0.0342. The first kappa shape index (κ1) is 21.4. The van der Waals surface area contributed by atoms with Crippen molar-refractivity contribution in [3.63, 3.8) is 0 Å². The van der Waals surface area contributed by atoms with Gasteiger partial charge in [0.1, 0.15) is 0 Å². The van der Waals surface area contributed by atoms with Gasteiger partial charge in [0, 0.05) is 43.7 Å². The van der Waals surface area contributed by atoms with Gasteiger partial charge < -0.3 is 15.1 Å². The highest BCUT2D eigenvalue weighted by Crippen LogP contribution is 2.31. The van der Waals surface area contributed by atoms with E-state index in [1.807, 2.05) is 17.0 Å². The number of urea groups is 1. The topological polar surface area (TPSA) is 52.7 Å². The van der Waals surface area contributed by atoms with E-state index in [-0.39, 0.29) is 17.7 Å². The number of Topliss-reactive ketones (excluding diaryl/α,β-unsaturated/α-hetero) is 1. The van der Waals surface area contributed by atoms with Crippen LogP contribution in [0.3, 0.4) is 0 Å². The lowest BCUT2D eigenvalue weighted by atomic mass is 9.88. The third-order valence-electron chi connectivity index (χ3n) is 6.96. The maximum absolute atomic E-state index is 12.9. The van der Waals surface area contributed by atoms with E-state index in [1.165, 1.54) is 31.4 Å². The minimum absolute atomic E-state index is 0.0342. The Bertz CT molecular complexity index is 733. The molecule has 0 aromatic heterocycles. The second-order valence-electron chi connectivity index (χ2n) is 9.99. The summed E-state index contributed by atoms with van der Waals surface area (Å²) in [7, 11) is 0. The lowest BCUT2D eigenvalue weighted by Crippen LogP contribution is -2.46. The zero-order chi connectivity index (χ0) is 21.1. The molecule has 5 nitrogen and oxygen atoms in total. The number of ketones is 1. The maximum Gasteiger partial charge on any atom is 0.317 e. The van der Waals surface area contributed by atoms with E-state index in [0.717, 1.165) is 44.0 Å². The Morgan fingerprint density at radius 2 is 1.70 bits per heavy atom. The molecule has 2 aliphatic heterocycles. The number of hydrogen-bond donors (Lipinski definition) is 1. The third kappa shape index (κ3) is 5.42. The van der Waals surface area contributed by atoms with Gasteiger partial charge in [0.25, 0.3) is 0 Å². The number of likely N-dealkylation sites (tertiary alicyclic amines) is 2. The van der Waals surface area contributed by atoms with Crippen molar-refractivity contribution in [2.75, 3.05) is 32.7 Å². The van der Waals surface area contributed by atoms with Gasteiger partial charge in [0.05, 0.1) is 0 Å². The third-order valence-corrected chi connectivity index (χ3v) is 6.96. The van der Waals surface area contributed by atoms with Crippen molar-refractivity contribution < 1.29 is 9.59 Å². The van der Waals surface area contributed by atoms with Crippen molar-refractivity contribution in [2.24, 2.45) is 17.8 Å². The molecule has 2 saturated heterocycles. The smallest absolute Gasteiger partial charge is 0.317 e. The number of benzene rings is 1. The van der Waals surface area contributed by atoms with E-state index in [1.54, 1.807) is 0 Å². The van der Waals surface area contributed by atoms with Gasteiger partial charge in [-0.25, -0.2) is 4.79 Å². The molecule has 5 heteroatoms. The summed E-state index contributed by atoms with van der Waals surface area (Å²) in [6.07, 6.45) is 6.48. The summed E-state index contributed by atoms with van der Waals surface area (Å²) in [5.74, 6) is 1.48. The molecule has 1 unspecified atom stereocenters. The second kappa shape index (κ2) is 9.51. The van der Waals surface area contributed by atoms with Crippen molar-refractivity contribution in [2.45, 2.75) is 58.4 Å². The predicted molar refractivity (Wildman–Crippen MR) is 120 cm³/mol. The van der Waals surface area contributed by atoms with Crippen LogP contribution in [0.5, 0.6) is 0 Å². The molecular weight excluding hydrogens is 374 g/mol. The first-order valence-electron chi connectivity index (χ1n) is 11.9. The van der Waals surface area contributed by atoms with Gasteiger partial charge in [-0.1, -0.05) is 38.1 Å². The van der Waals surface area contributed by atoms with Gasteiger partial charge in [-0.3, -0.25) is 4.79 Å². The number of carbonyl (C=O) groups is 2. The van der Waals surface area contributed by atoms with E-state index >= 15 is 0 Å². The van der Waals surface area contributed by atoms with Gasteiger partial charge in [0.2, 0.25) is 0 Å². The number of nitrogens with one attached hydrogen (secondary N) is 1. The summed E-state index contributed by atoms with van der Waals surface area (Å²) in [5, 5.41) is 3.15. The fourth-order valence-electron chi connectivity index (χ4n) is 5.00. The van der Waals surface area contributed by atoms with Gasteiger partial charge >= 0.3 is 6.03 Å². The summed E-state index contributed by atoms with van der Waals surface area (Å²) in [4.78, 5) is 29.9. The Balaban J connectivity index is 1.19. The molecule has 1 atom stereocenters. The van der Waals surface area contributed by atoms with Crippen LogP contribution in [0.2, 0.25) is 0 Å². The summed E-state index contributed by atoms with van der Waals surface area (Å²) >= 11 is 0. The standard InChI is InChI=1S/C25H37N3O2/c1-18(2)15-19-3-5-21(6-4-19)24(29)22-10-13-27(14-11-22)25(30)26-16-20-9-12-28(17-20)23-7-8-23/h3-6,18,20,22-23H,7-17H2,1-2H3,(H,26,30). The first-order valence-corrected chi connectivity index (χ1v) is 11.9. The number of hydrogen-bond acceptors (Lipinski definition) is 3. The van der Waals surface area contributed by atoms with Crippen LogP contribution >= 0.6 is 0 Å². The van der Waals surface area contributed by atoms with E-state index in [0.29, 0.717) is 24.9 Å². The number of carbonyl (C=O) groups excluding carboxylic acids is 2. The molecule has 0 radical (unpaired) electrons. The highest BCUT2D eigenvalue weighted by molar-refractivity contribution is 5.98. The average molecular weight is 412 g/mol. The Morgan fingerprint density at radius 3 is 2.33 bits per heavy atom. The summed E-state index contributed by atoms with van der Waals surface area (Å²) in [5.41, 5.74) is 2.10. The average Bonchev–Trinajstić information content (AvgIpc) is 3.50. The fraction of sp³-hybridized carbons (Fsp3) is 0.680. The normalized spacial score (nSPS) is 23.2. The maximum atomic E-state index is 12.9. The molecule has 0 spiro atoms. The van der Waals surface area contributed by atoms with Crippen molar-refractivity contribution in [3.05, 3.63) is 35.4 Å². The van der Waals surface area contributed by atoms with Crippen molar-refractivity contribution in [1.82, 2.24) is 15.1 Å². The van der Waals surface area contributed by atoms with Crippen LogP contribution in [0.15, 0.2) is 24.3 Å². The van der Waals surface area contributed by atoms with Crippen LogP contribution in [0, 0.1) is 17.8 Å². The number of nitrogens with zero attached hydrogens (tertiary/aromatic N) is 2. The molecule has 1 saturated carbocycles. The zero-order valence-corrected chi connectivity index (χ0v) is 18.6. The summed E-state index contributed by atoms with van der Waals surface area (Å²) in [6.45, 7) is 8.87. The molecule has 0 bridgehead atoms. The molecular formula is C25H37N3O2. The van der Waals surface area contributed by atoms with Gasteiger partial charge in [-0.05, 0) is 62.5 Å². The molecule has 3 fully saturated rings. The summed E-state index contributed by atoms with van der Waals surface area (Å²) in [6, 6.07) is 9.00. The summed E-state index contributed by atoms with van der Waals surface area (Å²) < 4.78 is 0. The first-order chi connectivity index (χ1) is 14.5. The largest absolute Gasteiger partial charge is 0.338 e. The molecule has 2 amide bonds. The Morgan fingerprint density at radius 1 is 1.00 bits per heavy atom. The molecule has 1 aromatic rings. The molecule has 1 aromatic carbocycles. The van der Waals surface area contributed by atoms with Crippen molar-refractivity contribution in [3.8, 4) is 0 Å². The molecule has 1 aliphatic carbocycles. The molecule has 3 aliphatic rings. The van der Waals surface area contributed by atoms with Crippen LogP contribution in [0.1, 0.15) is 61.9 Å². The monoisotopic (exact) mass is 411 g/mol. The molecule has 1 N–H and O–H groups in total. The zero-order valence-electron chi connectivity index (χ0n) is 18.6. The van der Waals surface area contributed by atoms with Gasteiger partial charge in [0.15, 0.2) is 5.78 Å². The van der Waals surface area contributed by atoms with E-state index in [2.05, 4.69) is 36.2 Å². The van der Waals surface area contributed by atoms with E-state index < -0.39 is 0 Å². The molecule has 164 valence electrons. The second-order valence-corrected chi connectivity index (χ2v) is 9.99. The van der Waals surface area contributed by atoms with Crippen LogP contribution in [-0.2, 0) is 6.42 Å². The lowest BCUT2D eigenvalue weighted by Gasteiger charge is -2.31. The molecule has 30 heavy (non-hydrogen) atoms. The van der Waals surface area contributed by atoms with Gasteiger partial charge in [-0.15, -0.1) is 0 Å². The lowest BCUT2D eigenvalue weighted by molar-refractivity contribution is 0.0854. The van der Waals surface area contributed by atoms with Crippen LogP contribution < -0.4 is 5.32 Å². The van der Waals surface area contributed by atoms with Crippen LogP contribution in [-0.4, -0.2) is 60.4 Å². The number of amides is 2. The number of piperidine rings is 1. The molecule has 4 rings (SSSR count). The van der Waals surface area contributed by atoms with Crippen LogP contribution in [0.25, 0.3) is 0 Å². The highest BCUT2D eigenvalue weighted by Gasteiger charge is 2.34. The Kier molecular flexibility index (Phi) is 6.77. The van der Waals surface area contributed by atoms with E-state index in [4.69, 9.17) is 0 Å².